The molecule has 7 nitrogen and oxygen atoms in total. The number of para-hydroxylation sites is 1. The van der Waals surface area contributed by atoms with Crippen LogP contribution in [-0.2, 0) is 20.7 Å². The van der Waals surface area contributed by atoms with Gasteiger partial charge in [0.25, 0.3) is 5.91 Å². The number of aryl methyl sites for hydroxylation is 1. The number of furan rings is 1. The van der Waals surface area contributed by atoms with Gasteiger partial charge in [-0.05, 0) is 55.2 Å². The predicted molar refractivity (Wildman–Crippen MR) is 145 cm³/mol. The van der Waals surface area contributed by atoms with Crippen molar-refractivity contribution in [2.24, 2.45) is 11.7 Å². The minimum atomic E-state index is -0.886. The Hall–Kier alpha value is -4.36. The maximum absolute atomic E-state index is 13.3. The first-order valence-electron chi connectivity index (χ1n) is 12.6. The van der Waals surface area contributed by atoms with E-state index in [1.165, 1.54) is 7.11 Å². The zero-order chi connectivity index (χ0) is 26.5. The van der Waals surface area contributed by atoms with Crippen LogP contribution in [0, 0.1) is 5.92 Å². The highest BCUT2D eigenvalue weighted by Crippen LogP contribution is 2.42. The summed E-state index contributed by atoms with van der Waals surface area (Å²) in [4.78, 5) is 25.6. The number of benzene rings is 3. The lowest BCUT2D eigenvalue weighted by molar-refractivity contribution is -0.122. The molecule has 3 aromatic carbocycles. The summed E-state index contributed by atoms with van der Waals surface area (Å²) in [5, 5.41) is 4.08. The Balaban J connectivity index is 1.29. The Kier molecular flexibility index (Phi) is 7.29. The third-order valence-corrected chi connectivity index (χ3v) is 6.85. The monoisotopic (exact) mass is 510 g/mol. The van der Waals surface area contributed by atoms with Gasteiger partial charge in [0, 0.05) is 29.5 Å². The summed E-state index contributed by atoms with van der Waals surface area (Å²) in [5.41, 5.74) is 8.18. The van der Waals surface area contributed by atoms with Crippen molar-refractivity contribution < 1.29 is 23.5 Å². The van der Waals surface area contributed by atoms with Crippen molar-refractivity contribution >= 4 is 22.8 Å². The lowest BCUT2D eigenvalue weighted by Crippen LogP contribution is -2.43. The van der Waals surface area contributed by atoms with Crippen molar-refractivity contribution in [3.63, 3.8) is 0 Å². The molecule has 0 saturated heterocycles. The minimum Gasteiger partial charge on any atom is -0.469 e. The fraction of sp³-hybridized carbons (Fsp3) is 0.226. The van der Waals surface area contributed by atoms with Gasteiger partial charge in [0.2, 0.25) is 5.91 Å². The van der Waals surface area contributed by atoms with E-state index in [-0.39, 0.29) is 12.7 Å². The van der Waals surface area contributed by atoms with Crippen LogP contribution in [0.15, 0.2) is 101 Å². The molecule has 1 aliphatic rings. The molecule has 0 bridgehead atoms. The zero-order valence-electron chi connectivity index (χ0n) is 21.2. The van der Waals surface area contributed by atoms with Crippen molar-refractivity contribution in [3.05, 3.63) is 108 Å². The van der Waals surface area contributed by atoms with Crippen LogP contribution in [-0.4, -0.2) is 31.3 Å². The molecule has 2 amide bonds. The van der Waals surface area contributed by atoms with Crippen LogP contribution in [0.4, 0.5) is 0 Å². The Morgan fingerprint density at radius 2 is 1.74 bits per heavy atom. The Labute approximate surface area is 221 Å². The molecule has 5 rings (SSSR count). The lowest BCUT2D eigenvalue weighted by atomic mass is 9.89. The van der Waals surface area contributed by atoms with Gasteiger partial charge in [-0.3, -0.25) is 9.59 Å². The Morgan fingerprint density at radius 3 is 2.45 bits per heavy atom. The molecule has 0 spiro atoms. The first-order valence-corrected chi connectivity index (χ1v) is 12.6. The molecule has 2 atom stereocenters. The third-order valence-electron chi connectivity index (χ3n) is 6.85. The molecule has 0 saturated carbocycles. The molecule has 0 aliphatic heterocycles. The van der Waals surface area contributed by atoms with Crippen LogP contribution in [0.5, 0.6) is 0 Å². The SMILES string of the molecule is COCOC1=CC1(C[C@@H](CCc1ccccc1)C(N)=O)NC(=O)c1ccc(-c2cc3ccccc3o2)cc1. The molecule has 3 N–H and O–H groups in total. The van der Waals surface area contributed by atoms with E-state index in [0.29, 0.717) is 30.6 Å². The van der Waals surface area contributed by atoms with E-state index in [2.05, 4.69) is 5.32 Å². The fourth-order valence-electron chi connectivity index (χ4n) is 4.69. The molecule has 0 radical (unpaired) electrons. The summed E-state index contributed by atoms with van der Waals surface area (Å²) in [7, 11) is 1.53. The number of carbonyl (C=O) groups excluding carboxylic acids is 2. The van der Waals surface area contributed by atoms with Gasteiger partial charge < -0.3 is 24.9 Å². The number of amides is 2. The molecule has 1 aliphatic carbocycles. The number of rotatable bonds is 12. The van der Waals surface area contributed by atoms with Crippen molar-refractivity contribution in [2.45, 2.75) is 24.8 Å². The highest BCUT2D eigenvalue weighted by molar-refractivity contribution is 5.96. The van der Waals surface area contributed by atoms with Crippen LogP contribution < -0.4 is 11.1 Å². The van der Waals surface area contributed by atoms with Crippen molar-refractivity contribution in [1.82, 2.24) is 5.32 Å². The highest BCUT2D eigenvalue weighted by atomic mass is 16.7. The Bertz CT molecular complexity index is 1430. The average Bonchev–Trinajstić information content (AvgIpc) is 3.41. The minimum absolute atomic E-state index is 0.0426. The van der Waals surface area contributed by atoms with Crippen LogP contribution in [0.1, 0.15) is 28.8 Å². The maximum atomic E-state index is 13.3. The lowest BCUT2D eigenvalue weighted by Gasteiger charge is -2.24. The van der Waals surface area contributed by atoms with Crippen LogP contribution in [0.3, 0.4) is 0 Å². The quantitative estimate of drug-likeness (QED) is 0.255. The van der Waals surface area contributed by atoms with Crippen LogP contribution in [0.2, 0.25) is 0 Å². The number of fused-ring (bicyclic) bond motifs is 1. The normalized spacial score (nSPS) is 17.0. The first kappa shape index (κ1) is 25.3. The van der Waals surface area contributed by atoms with E-state index in [1.54, 1.807) is 12.1 Å². The van der Waals surface area contributed by atoms with Crippen LogP contribution in [0.25, 0.3) is 22.3 Å². The van der Waals surface area contributed by atoms with Gasteiger partial charge in [0.1, 0.15) is 22.6 Å². The molecular formula is C31H30N2O5. The molecule has 1 aromatic heterocycles. The van der Waals surface area contributed by atoms with Crippen molar-refractivity contribution in [2.75, 3.05) is 13.9 Å². The van der Waals surface area contributed by atoms with Crippen molar-refractivity contribution in [1.29, 1.82) is 0 Å². The number of hydrogen-bond donors (Lipinski definition) is 2. The van der Waals surface area contributed by atoms with E-state index in [9.17, 15) is 9.59 Å². The predicted octanol–water partition coefficient (Wildman–Crippen LogP) is 5.21. The van der Waals surface area contributed by atoms with Gasteiger partial charge >= 0.3 is 0 Å². The van der Waals surface area contributed by atoms with E-state index >= 15 is 0 Å². The molecule has 0 fully saturated rings. The van der Waals surface area contributed by atoms with Crippen LogP contribution >= 0.6 is 0 Å². The summed E-state index contributed by atoms with van der Waals surface area (Å²) < 4.78 is 16.6. The summed E-state index contributed by atoms with van der Waals surface area (Å²) in [5.74, 6) is 0.163. The number of carbonyl (C=O) groups is 2. The number of ether oxygens (including phenoxy) is 2. The third kappa shape index (κ3) is 5.63. The second kappa shape index (κ2) is 10.9. The summed E-state index contributed by atoms with van der Waals surface area (Å²) in [6, 6.07) is 26.9. The fourth-order valence-corrected chi connectivity index (χ4v) is 4.69. The topological polar surface area (TPSA) is 104 Å². The second-order valence-electron chi connectivity index (χ2n) is 9.54. The van der Waals surface area contributed by atoms with Gasteiger partial charge in [-0.1, -0.05) is 60.7 Å². The zero-order valence-corrected chi connectivity index (χ0v) is 21.2. The average molecular weight is 511 g/mol. The van der Waals surface area contributed by atoms with Gasteiger partial charge in [-0.25, -0.2) is 0 Å². The van der Waals surface area contributed by atoms with E-state index in [4.69, 9.17) is 19.6 Å². The summed E-state index contributed by atoms with van der Waals surface area (Å²) in [6.07, 6.45) is 3.40. The number of primary amides is 1. The smallest absolute Gasteiger partial charge is 0.252 e. The summed E-state index contributed by atoms with van der Waals surface area (Å²) in [6.45, 7) is 0.0426. The largest absolute Gasteiger partial charge is 0.469 e. The summed E-state index contributed by atoms with van der Waals surface area (Å²) >= 11 is 0. The molecule has 194 valence electrons. The Morgan fingerprint density at radius 1 is 1.00 bits per heavy atom. The van der Waals surface area contributed by atoms with Gasteiger partial charge in [0.05, 0.1) is 0 Å². The number of hydrogen-bond acceptors (Lipinski definition) is 5. The van der Waals surface area contributed by atoms with E-state index < -0.39 is 17.4 Å². The van der Waals surface area contributed by atoms with Gasteiger partial charge in [-0.15, -0.1) is 0 Å². The molecular weight excluding hydrogens is 480 g/mol. The van der Waals surface area contributed by atoms with E-state index in [0.717, 1.165) is 27.9 Å². The van der Waals surface area contributed by atoms with Gasteiger partial charge in [-0.2, -0.15) is 0 Å². The van der Waals surface area contributed by atoms with Crippen molar-refractivity contribution in [3.8, 4) is 11.3 Å². The number of methoxy groups -OCH3 is 1. The molecule has 1 unspecified atom stereocenters. The first-order chi connectivity index (χ1) is 18.5. The molecule has 7 heteroatoms. The standard InChI is InChI=1S/C31H30N2O5/c1-36-20-37-28-19-31(28,18-25(29(32)34)12-11-21-7-3-2-4-8-21)33-30(35)23-15-13-22(14-16-23)27-17-24-9-5-6-10-26(24)38-27/h2-10,13-17,19,25H,11-12,18,20H2,1H3,(H2,32,34)(H,33,35)/t25-,31?/m1/s1. The molecule has 4 aromatic rings. The number of nitrogens with one attached hydrogen (secondary N) is 1. The molecule has 1 heterocycles. The number of nitrogens with two attached hydrogens (primary N) is 1. The highest BCUT2D eigenvalue weighted by Gasteiger charge is 2.50. The second-order valence-corrected chi connectivity index (χ2v) is 9.54. The maximum Gasteiger partial charge on any atom is 0.252 e. The van der Waals surface area contributed by atoms with Gasteiger partial charge in [0.15, 0.2) is 6.79 Å². The van der Waals surface area contributed by atoms with E-state index in [1.807, 2.05) is 78.9 Å². The molecule has 38 heavy (non-hydrogen) atoms.